The highest BCUT2D eigenvalue weighted by Gasteiger charge is 2.32. The number of rotatable bonds is 4. The average Bonchev–Trinajstić information content (AvgIpc) is 2.53. The lowest BCUT2D eigenvalue weighted by molar-refractivity contribution is -0.138. The van der Waals surface area contributed by atoms with Gasteiger partial charge >= 0.3 is 12.4 Å². The minimum absolute atomic E-state index is 0.300. The zero-order chi connectivity index (χ0) is 18.8. The zero-order valence-corrected chi connectivity index (χ0v) is 13.4. The van der Waals surface area contributed by atoms with E-state index in [4.69, 9.17) is 4.74 Å². The van der Waals surface area contributed by atoms with Gasteiger partial charge in [-0.25, -0.2) is 0 Å². The van der Waals surface area contributed by atoms with Crippen LogP contribution >= 0.6 is 0 Å². The first kappa shape index (κ1) is 19.3. The Morgan fingerprint density at radius 3 is 1.36 bits per heavy atom. The fourth-order valence-corrected chi connectivity index (χ4v) is 2.40. The number of hydrogen-bond donors (Lipinski definition) is 0. The van der Waals surface area contributed by atoms with Crippen molar-refractivity contribution in [3.8, 4) is 0 Å². The van der Waals surface area contributed by atoms with Gasteiger partial charge in [0.25, 0.3) is 0 Å². The van der Waals surface area contributed by atoms with Crippen molar-refractivity contribution in [2.45, 2.75) is 38.4 Å². The molecule has 0 heterocycles. The van der Waals surface area contributed by atoms with Crippen molar-refractivity contribution in [1.29, 1.82) is 0 Å². The minimum atomic E-state index is -4.47. The summed E-state index contributed by atoms with van der Waals surface area (Å²) in [6, 6.07) is 9.36. The fourth-order valence-electron chi connectivity index (χ4n) is 2.40. The predicted octanol–water partition coefficient (Wildman–Crippen LogP) is 6.56. The molecule has 2 aromatic carbocycles. The van der Waals surface area contributed by atoms with Crippen LogP contribution in [0.5, 0.6) is 0 Å². The summed E-state index contributed by atoms with van der Waals surface area (Å²) in [4.78, 5) is 0. The van der Waals surface area contributed by atoms with Gasteiger partial charge in [0.05, 0.1) is 23.3 Å². The van der Waals surface area contributed by atoms with Gasteiger partial charge in [-0.2, -0.15) is 26.3 Å². The summed E-state index contributed by atoms with van der Waals surface area (Å²) in [7, 11) is 0. The van der Waals surface area contributed by atoms with Crippen molar-refractivity contribution in [2.24, 2.45) is 0 Å². The summed E-state index contributed by atoms with van der Waals surface area (Å²) >= 11 is 0. The van der Waals surface area contributed by atoms with Gasteiger partial charge in [0, 0.05) is 0 Å². The Morgan fingerprint density at radius 1 is 0.680 bits per heavy atom. The molecule has 2 rings (SSSR count). The second-order valence-electron chi connectivity index (χ2n) is 5.67. The number of hydrogen-bond acceptors (Lipinski definition) is 1. The molecule has 0 aliphatic rings. The molecular formula is C18H16F6O. The first-order chi connectivity index (χ1) is 11.5. The molecule has 136 valence electrons. The van der Waals surface area contributed by atoms with E-state index in [0.29, 0.717) is 11.1 Å². The van der Waals surface area contributed by atoms with Crippen LogP contribution in [0.4, 0.5) is 26.3 Å². The number of alkyl halides is 6. The van der Waals surface area contributed by atoms with Crippen LogP contribution in [-0.4, -0.2) is 0 Å². The molecular weight excluding hydrogens is 346 g/mol. The molecule has 0 saturated heterocycles. The number of halogens is 6. The summed E-state index contributed by atoms with van der Waals surface area (Å²) in [6.07, 6.45) is -10.4. The Balaban J connectivity index is 2.17. The van der Waals surface area contributed by atoms with Crippen LogP contribution in [0.1, 0.15) is 48.3 Å². The molecule has 0 amide bonds. The smallest absolute Gasteiger partial charge is 0.366 e. The largest absolute Gasteiger partial charge is 0.416 e. The van der Waals surface area contributed by atoms with Crippen molar-refractivity contribution < 1.29 is 31.1 Å². The highest BCUT2D eigenvalue weighted by Crippen LogP contribution is 2.34. The van der Waals surface area contributed by atoms with E-state index in [2.05, 4.69) is 0 Å². The molecule has 0 radical (unpaired) electrons. The summed E-state index contributed by atoms with van der Waals surface area (Å²) in [5.41, 5.74) is -0.998. The Morgan fingerprint density at radius 2 is 1.04 bits per heavy atom. The summed E-state index contributed by atoms with van der Waals surface area (Å²) in [6.45, 7) is 3.11. The zero-order valence-electron chi connectivity index (χ0n) is 13.4. The van der Waals surface area contributed by atoms with Crippen LogP contribution in [-0.2, 0) is 17.1 Å². The topological polar surface area (TPSA) is 9.23 Å². The quantitative estimate of drug-likeness (QED) is 0.560. The summed E-state index contributed by atoms with van der Waals surface area (Å²) in [5, 5.41) is 0. The van der Waals surface area contributed by atoms with Gasteiger partial charge in [-0.1, -0.05) is 24.3 Å². The van der Waals surface area contributed by atoms with E-state index in [1.807, 2.05) is 0 Å². The molecule has 0 bridgehead atoms. The van der Waals surface area contributed by atoms with E-state index in [9.17, 15) is 26.3 Å². The van der Waals surface area contributed by atoms with Gasteiger partial charge in [-0.05, 0) is 49.2 Å². The minimum Gasteiger partial charge on any atom is -0.366 e. The van der Waals surface area contributed by atoms with E-state index < -0.39 is 35.7 Å². The Labute approximate surface area is 141 Å². The average molecular weight is 362 g/mol. The highest BCUT2D eigenvalue weighted by atomic mass is 19.4. The van der Waals surface area contributed by atoms with Crippen LogP contribution in [0.2, 0.25) is 0 Å². The first-order valence-corrected chi connectivity index (χ1v) is 7.48. The maximum absolute atomic E-state index is 12.8. The van der Waals surface area contributed by atoms with Crippen molar-refractivity contribution in [3.05, 3.63) is 70.8 Å². The number of benzene rings is 2. The third-order valence-electron chi connectivity index (χ3n) is 3.77. The summed E-state index contributed by atoms with van der Waals surface area (Å²) < 4.78 is 82.2. The first-order valence-electron chi connectivity index (χ1n) is 7.48. The molecule has 0 N–H and O–H groups in total. The van der Waals surface area contributed by atoms with Gasteiger partial charge in [-0.15, -0.1) is 0 Å². The lowest BCUT2D eigenvalue weighted by Gasteiger charge is -2.21. The molecule has 0 fully saturated rings. The van der Waals surface area contributed by atoms with E-state index >= 15 is 0 Å². The Hall–Kier alpha value is -2.02. The van der Waals surface area contributed by atoms with Gasteiger partial charge in [0.2, 0.25) is 0 Å². The van der Waals surface area contributed by atoms with Crippen molar-refractivity contribution in [3.63, 3.8) is 0 Å². The molecule has 25 heavy (non-hydrogen) atoms. The highest BCUT2D eigenvalue weighted by molar-refractivity contribution is 5.29. The SMILES string of the molecule is C[C@@H](O[C@H](C)c1cccc(C(F)(F)F)c1)c1cccc(C(F)(F)F)c1. The van der Waals surface area contributed by atoms with E-state index in [1.165, 1.54) is 24.3 Å². The van der Waals surface area contributed by atoms with E-state index in [-0.39, 0.29) is 0 Å². The molecule has 7 heteroatoms. The van der Waals surface area contributed by atoms with Crippen LogP contribution in [0.15, 0.2) is 48.5 Å². The normalized spacial score (nSPS) is 15.0. The maximum Gasteiger partial charge on any atom is 0.416 e. The van der Waals surface area contributed by atoms with Gasteiger partial charge < -0.3 is 4.74 Å². The van der Waals surface area contributed by atoms with Crippen LogP contribution in [0.3, 0.4) is 0 Å². The predicted molar refractivity (Wildman–Crippen MR) is 80.8 cm³/mol. The molecule has 0 spiro atoms. The Kier molecular flexibility index (Phi) is 5.46. The molecule has 0 aliphatic heterocycles. The van der Waals surface area contributed by atoms with Gasteiger partial charge in [0.1, 0.15) is 0 Å². The molecule has 0 aromatic heterocycles. The third-order valence-corrected chi connectivity index (χ3v) is 3.77. The van der Waals surface area contributed by atoms with Crippen molar-refractivity contribution in [2.75, 3.05) is 0 Å². The maximum atomic E-state index is 12.8. The monoisotopic (exact) mass is 362 g/mol. The lowest BCUT2D eigenvalue weighted by Crippen LogP contribution is -2.10. The van der Waals surface area contributed by atoms with Gasteiger partial charge in [0.15, 0.2) is 0 Å². The van der Waals surface area contributed by atoms with E-state index in [0.717, 1.165) is 24.3 Å². The van der Waals surface area contributed by atoms with Crippen molar-refractivity contribution in [1.82, 2.24) is 0 Å². The second kappa shape index (κ2) is 7.07. The van der Waals surface area contributed by atoms with Crippen LogP contribution < -0.4 is 0 Å². The van der Waals surface area contributed by atoms with Gasteiger partial charge in [-0.3, -0.25) is 0 Å². The third kappa shape index (κ3) is 4.98. The standard InChI is InChI=1S/C18H16F6O/c1-11(13-5-3-7-15(9-13)17(19,20)21)25-12(2)14-6-4-8-16(10-14)18(22,23)24/h3-12H,1-2H3/t11-,12-/m1/s1. The van der Waals surface area contributed by atoms with Crippen molar-refractivity contribution >= 4 is 0 Å². The molecule has 0 aliphatic carbocycles. The molecule has 0 unspecified atom stereocenters. The molecule has 0 saturated carbocycles. The second-order valence-corrected chi connectivity index (χ2v) is 5.67. The molecule has 2 aromatic rings. The number of ether oxygens (including phenoxy) is 1. The molecule has 1 nitrogen and oxygen atoms in total. The van der Waals surface area contributed by atoms with Crippen LogP contribution in [0.25, 0.3) is 0 Å². The molecule has 2 atom stereocenters. The fraction of sp³-hybridized carbons (Fsp3) is 0.333. The Bertz CT molecular complexity index is 658. The van der Waals surface area contributed by atoms with Crippen LogP contribution in [0, 0.1) is 0 Å². The summed E-state index contributed by atoms with van der Waals surface area (Å²) in [5.74, 6) is 0. The van der Waals surface area contributed by atoms with E-state index in [1.54, 1.807) is 13.8 Å². The lowest BCUT2D eigenvalue weighted by atomic mass is 10.0.